The molecule has 1 amide bonds. The number of nitrogens with one attached hydrogen (secondary N) is 1. The van der Waals surface area contributed by atoms with Gasteiger partial charge in [-0.05, 0) is 24.3 Å². The van der Waals surface area contributed by atoms with E-state index in [1.54, 1.807) is 43.8 Å². The van der Waals surface area contributed by atoms with E-state index in [1.165, 1.54) is 12.5 Å². The Labute approximate surface area is 139 Å². The molecule has 0 aliphatic carbocycles. The van der Waals surface area contributed by atoms with Gasteiger partial charge < -0.3 is 19.2 Å². The maximum atomic E-state index is 12.1. The molecule has 3 aromatic rings. The number of anilines is 1. The summed E-state index contributed by atoms with van der Waals surface area (Å²) in [5.41, 5.74) is 1.99. The predicted molar refractivity (Wildman–Crippen MR) is 88.2 cm³/mol. The van der Waals surface area contributed by atoms with E-state index in [4.69, 9.17) is 13.9 Å². The molecule has 3 rings (SSSR count). The smallest absolute Gasteiger partial charge is 0.258 e. The zero-order valence-corrected chi connectivity index (χ0v) is 13.1. The summed E-state index contributed by atoms with van der Waals surface area (Å²) in [5, 5.41) is 2.79. The lowest BCUT2D eigenvalue weighted by Gasteiger charge is -2.12. The van der Waals surface area contributed by atoms with Crippen LogP contribution in [0.4, 0.5) is 5.69 Å². The summed E-state index contributed by atoms with van der Waals surface area (Å²) in [6.45, 7) is 0.351. The number of furan rings is 1. The van der Waals surface area contributed by atoms with Crippen LogP contribution < -0.4 is 14.8 Å². The Morgan fingerprint density at radius 1 is 1.25 bits per heavy atom. The first-order valence-corrected chi connectivity index (χ1v) is 7.29. The highest BCUT2D eigenvalue weighted by atomic mass is 16.5. The summed E-state index contributed by atoms with van der Waals surface area (Å²) >= 11 is 0. The molecule has 0 bridgehead atoms. The van der Waals surface area contributed by atoms with E-state index in [1.807, 2.05) is 12.1 Å². The van der Waals surface area contributed by atoms with E-state index in [9.17, 15) is 4.79 Å². The van der Waals surface area contributed by atoms with Gasteiger partial charge >= 0.3 is 0 Å². The lowest BCUT2D eigenvalue weighted by atomic mass is 10.2. The normalized spacial score (nSPS) is 10.2. The van der Waals surface area contributed by atoms with Gasteiger partial charge in [0.25, 0.3) is 5.91 Å². The van der Waals surface area contributed by atoms with Crippen molar-refractivity contribution in [3.05, 3.63) is 72.4 Å². The average molecular weight is 324 g/mol. The van der Waals surface area contributed by atoms with E-state index in [2.05, 4.69) is 10.3 Å². The van der Waals surface area contributed by atoms with E-state index in [0.717, 1.165) is 5.56 Å². The van der Waals surface area contributed by atoms with Crippen LogP contribution in [0.5, 0.6) is 11.5 Å². The number of aromatic nitrogens is 1. The van der Waals surface area contributed by atoms with Gasteiger partial charge in [0.15, 0.2) is 11.5 Å². The highest BCUT2D eigenvalue weighted by molar-refractivity contribution is 6.04. The lowest BCUT2D eigenvalue weighted by molar-refractivity contribution is 0.102. The van der Waals surface area contributed by atoms with Crippen molar-refractivity contribution in [2.45, 2.75) is 6.61 Å². The van der Waals surface area contributed by atoms with Gasteiger partial charge in [-0.1, -0.05) is 6.07 Å². The number of benzene rings is 1. The quantitative estimate of drug-likeness (QED) is 0.751. The molecule has 0 saturated heterocycles. The molecule has 6 heteroatoms. The topological polar surface area (TPSA) is 73.6 Å². The second-order valence-corrected chi connectivity index (χ2v) is 4.98. The average Bonchev–Trinajstić information content (AvgIpc) is 3.16. The van der Waals surface area contributed by atoms with Gasteiger partial charge in [-0.25, -0.2) is 0 Å². The highest BCUT2D eigenvalue weighted by Crippen LogP contribution is 2.31. The molecule has 0 aliphatic heterocycles. The number of carbonyl (C=O) groups excluding carboxylic acids is 1. The SMILES string of the molecule is COc1ccc(NC(=O)c2ccoc2)cc1OCc1cccnc1. The van der Waals surface area contributed by atoms with E-state index >= 15 is 0 Å². The Kier molecular flexibility index (Phi) is 4.76. The number of amides is 1. The Bertz CT molecular complexity index is 801. The third kappa shape index (κ3) is 3.73. The van der Waals surface area contributed by atoms with Gasteiger partial charge in [-0.15, -0.1) is 0 Å². The molecule has 2 heterocycles. The van der Waals surface area contributed by atoms with Crippen LogP contribution >= 0.6 is 0 Å². The summed E-state index contributed by atoms with van der Waals surface area (Å²) in [6, 6.07) is 10.6. The van der Waals surface area contributed by atoms with Crippen LogP contribution in [-0.2, 0) is 6.61 Å². The Morgan fingerprint density at radius 2 is 2.17 bits per heavy atom. The van der Waals surface area contributed by atoms with Crippen molar-refractivity contribution in [3.8, 4) is 11.5 Å². The van der Waals surface area contributed by atoms with Crippen molar-refractivity contribution >= 4 is 11.6 Å². The van der Waals surface area contributed by atoms with Crippen molar-refractivity contribution < 1.29 is 18.7 Å². The number of ether oxygens (including phenoxy) is 2. The van der Waals surface area contributed by atoms with Crippen molar-refractivity contribution in [2.75, 3.05) is 12.4 Å². The molecule has 0 fully saturated rings. The summed E-state index contributed by atoms with van der Waals surface area (Å²) in [5.74, 6) is 0.860. The summed E-state index contributed by atoms with van der Waals surface area (Å²) in [7, 11) is 1.57. The molecule has 1 N–H and O–H groups in total. The zero-order valence-electron chi connectivity index (χ0n) is 13.1. The third-order valence-corrected chi connectivity index (χ3v) is 3.32. The summed E-state index contributed by atoms with van der Waals surface area (Å²) < 4.78 is 16.0. The van der Waals surface area contributed by atoms with Crippen LogP contribution in [0, 0.1) is 0 Å². The molecule has 0 atom stereocenters. The van der Waals surface area contributed by atoms with E-state index in [0.29, 0.717) is 29.4 Å². The lowest BCUT2D eigenvalue weighted by Crippen LogP contribution is -2.11. The van der Waals surface area contributed by atoms with E-state index < -0.39 is 0 Å². The third-order valence-electron chi connectivity index (χ3n) is 3.32. The van der Waals surface area contributed by atoms with Gasteiger partial charge in [-0.2, -0.15) is 0 Å². The molecule has 122 valence electrons. The van der Waals surface area contributed by atoms with Crippen molar-refractivity contribution in [2.24, 2.45) is 0 Å². The molecule has 0 radical (unpaired) electrons. The fourth-order valence-corrected chi connectivity index (χ4v) is 2.11. The number of methoxy groups -OCH3 is 1. The first-order chi connectivity index (χ1) is 11.8. The van der Waals surface area contributed by atoms with Gasteiger partial charge in [0.1, 0.15) is 12.9 Å². The first-order valence-electron chi connectivity index (χ1n) is 7.29. The highest BCUT2D eigenvalue weighted by Gasteiger charge is 2.11. The minimum atomic E-state index is -0.257. The van der Waals surface area contributed by atoms with Crippen LogP contribution in [-0.4, -0.2) is 18.0 Å². The minimum Gasteiger partial charge on any atom is -0.493 e. The van der Waals surface area contributed by atoms with Gasteiger partial charge in [0, 0.05) is 29.7 Å². The molecule has 6 nitrogen and oxygen atoms in total. The largest absolute Gasteiger partial charge is 0.493 e. The molecule has 2 aromatic heterocycles. The van der Waals surface area contributed by atoms with Gasteiger partial charge in [0.05, 0.1) is 18.9 Å². The number of rotatable bonds is 6. The van der Waals surface area contributed by atoms with Gasteiger partial charge in [0.2, 0.25) is 0 Å². The molecule has 0 aliphatic rings. The fourth-order valence-electron chi connectivity index (χ4n) is 2.11. The number of carbonyl (C=O) groups is 1. The van der Waals surface area contributed by atoms with Crippen molar-refractivity contribution in [1.29, 1.82) is 0 Å². The Hall–Kier alpha value is -3.28. The summed E-state index contributed by atoms with van der Waals surface area (Å²) in [6.07, 6.45) is 6.27. The van der Waals surface area contributed by atoms with Crippen LogP contribution in [0.1, 0.15) is 15.9 Å². The van der Waals surface area contributed by atoms with Crippen LogP contribution in [0.3, 0.4) is 0 Å². The fraction of sp³-hybridized carbons (Fsp3) is 0.111. The molecule has 0 spiro atoms. The van der Waals surface area contributed by atoms with Crippen LogP contribution in [0.25, 0.3) is 0 Å². The number of nitrogens with zero attached hydrogens (tertiary/aromatic N) is 1. The van der Waals surface area contributed by atoms with Gasteiger partial charge in [-0.3, -0.25) is 9.78 Å². The predicted octanol–water partition coefficient (Wildman–Crippen LogP) is 3.51. The molecule has 1 aromatic carbocycles. The molecule has 0 unspecified atom stereocenters. The summed E-state index contributed by atoms with van der Waals surface area (Å²) in [4.78, 5) is 16.1. The minimum absolute atomic E-state index is 0.257. The Morgan fingerprint density at radius 3 is 2.88 bits per heavy atom. The Balaban J connectivity index is 1.74. The van der Waals surface area contributed by atoms with Crippen molar-refractivity contribution in [3.63, 3.8) is 0 Å². The monoisotopic (exact) mass is 324 g/mol. The van der Waals surface area contributed by atoms with E-state index in [-0.39, 0.29) is 5.91 Å². The van der Waals surface area contributed by atoms with Crippen LogP contribution in [0.15, 0.2) is 65.7 Å². The molecular weight excluding hydrogens is 308 g/mol. The second kappa shape index (κ2) is 7.32. The van der Waals surface area contributed by atoms with Crippen molar-refractivity contribution in [1.82, 2.24) is 4.98 Å². The standard InChI is InChI=1S/C18H16N2O4/c1-22-16-5-4-15(20-18(21)14-6-8-23-12-14)9-17(16)24-11-13-3-2-7-19-10-13/h2-10,12H,11H2,1H3,(H,20,21). The zero-order chi connectivity index (χ0) is 16.8. The maximum absolute atomic E-state index is 12.1. The molecule has 24 heavy (non-hydrogen) atoms. The number of hydrogen-bond donors (Lipinski definition) is 1. The second-order valence-electron chi connectivity index (χ2n) is 4.98. The molecule has 0 saturated carbocycles. The molecular formula is C18H16N2O4. The van der Waals surface area contributed by atoms with Crippen LogP contribution in [0.2, 0.25) is 0 Å². The first kappa shape index (κ1) is 15.6. The maximum Gasteiger partial charge on any atom is 0.258 e. The number of hydrogen-bond acceptors (Lipinski definition) is 5. The number of pyridine rings is 1.